The summed E-state index contributed by atoms with van der Waals surface area (Å²) in [7, 11) is -2.55. The summed E-state index contributed by atoms with van der Waals surface area (Å²) in [5.41, 5.74) is 0. The Labute approximate surface area is 208 Å². The lowest BCUT2D eigenvalue weighted by Crippen LogP contribution is -2.40. The zero-order chi connectivity index (χ0) is 24.0. The van der Waals surface area contributed by atoms with Gasteiger partial charge < -0.3 is 4.52 Å². The van der Waals surface area contributed by atoms with Gasteiger partial charge in [0.15, 0.2) is 8.15 Å². The topological polar surface area (TPSA) is 46.6 Å². The molecule has 0 aliphatic carbocycles. The molecule has 1 aliphatic heterocycles. The Kier molecular flexibility index (Phi) is 7.33. The molecule has 0 spiro atoms. The molecule has 174 valence electrons. The van der Waals surface area contributed by atoms with Gasteiger partial charge in [-0.2, -0.15) is 0 Å². The van der Waals surface area contributed by atoms with Gasteiger partial charge in [-0.3, -0.25) is 9.46 Å². The van der Waals surface area contributed by atoms with Crippen molar-refractivity contribution in [2.24, 2.45) is 0 Å². The van der Waals surface area contributed by atoms with E-state index in [9.17, 15) is 9.59 Å². The van der Waals surface area contributed by atoms with Crippen LogP contribution >= 0.6 is 16.2 Å². The maximum Gasteiger partial charge on any atom is 0.332 e. The van der Waals surface area contributed by atoms with Crippen LogP contribution in [0.2, 0.25) is 0 Å². The van der Waals surface area contributed by atoms with Crippen LogP contribution in [0.3, 0.4) is 0 Å². The second-order valence-electron chi connectivity index (χ2n) is 8.15. The summed E-state index contributed by atoms with van der Waals surface area (Å²) >= 11 is 0. The molecule has 1 atom stereocenters. The Hall–Kier alpha value is -3.32. The van der Waals surface area contributed by atoms with Crippen molar-refractivity contribution in [2.75, 3.05) is 0 Å². The van der Waals surface area contributed by atoms with Gasteiger partial charge in [0.2, 0.25) is 5.91 Å². The van der Waals surface area contributed by atoms with Crippen LogP contribution in [0.15, 0.2) is 121 Å². The molecule has 1 heterocycles. The van der Waals surface area contributed by atoms with Crippen molar-refractivity contribution in [3.63, 3.8) is 0 Å². The maximum atomic E-state index is 13.7. The highest BCUT2D eigenvalue weighted by atomic mass is 31.1. The third-order valence-corrected chi connectivity index (χ3v) is 10.2. The van der Waals surface area contributed by atoms with E-state index in [4.69, 9.17) is 4.52 Å². The van der Waals surface area contributed by atoms with Crippen LogP contribution in [0.1, 0.15) is 12.8 Å². The van der Waals surface area contributed by atoms with Crippen molar-refractivity contribution in [1.82, 2.24) is 4.67 Å². The Morgan fingerprint density at radius 3 is 1.49 bits per heavy atom. The second kappa shape index (κ2) is 11.0. The number of carbonyl (C=O) groups is 2. The number of benzene rings is 4. The lowest BCUT2D eigenvalue weighted by molar-refractivity contribution is -0.139. The van der Waals surface area contributed by atoms with E-state index < -0.39 is 22.3 Å². The van der Waals surface area contributed by atoms with Gasteiger partial charge in [-0.05, 0) is 6.42 Å². The smallest absolute Gasteiger partial charge is 0.332 e. The number of hydrogen-bond acceptors (Lipinski definition) is 3. The van der Waals surface area contributed by atoms with Gasteiger partial charge in [-0.15, -0.1) is 0 Å². The Balaban J connectivity index is 1.49. The average molecular weight is 497 g/mol. The molecule has 4 nitrogen and oxygen atoms in total. The normalized spacial score (nSPS) is 15.5. The number of amides is 1. The average Bonchev–Trinajstić information content (AvgIpc) is 3.30. The molecule has 1 amide bonds. The minimum absolute atomic E-state index is 0.00508. The first-order valence-electron chi connectivity index (χ1n) is 11.6. The van der Waals surface area contributed by atoms with E-state index in [2.05, 4.69) is 0 Å². The molecule has 0 N–H and O–H groups in total. The van der Waals surface area contributed by atoms with E-state index in [0.29, 0.717) is 12.8 Å². The summed E-state index contributed by atoms with van der Waals surface area (Å²) in [6.45, 7) is 0. The summed E-state index contributed by atoms with van der Waals surface area (Å²) in [4.78, 5) is 27.0. The first-order valence-corrected chi connectivity index (χ1v) is 14.1. The second-order valence-corrected chi connectivity index (χ2v) is 12.0. The zero-order valence-electron chi connectivity index (χ0n) is 19.1. The number of hydrogen-bond donors (Lipinski definition) is 0. The monoisotopic (exact) mass is 497 g/mol. The van der Waals surface area contributed by atoms with E-state index in [1.54, 1.807) is 4.67 Å². The summed E-state index contributed by atoms with van der Waals surface area (Å²) in [6, 6.07) is 39.1. The molecule has 0 unspecified atom stereocenters. The van der Waals surface area contributed by atoms with E-state index in [1.807, 2.05) is 121 Å². The van der Waals surface area contributed by atoms with Crippen LogP contribution in [-0.2, 0) is 14.1 Å². The van der Waals surface area contributed by atoms with E-state index in [-0.39, 0.29) is 11.9 Å². The summed E-state index contributed by atoms with van der Waals surface area (Å²) in [5.74, 6) is -0.344. The molecule has 35 heavy (non-hydrogen) atoms. The highest BCUT2D eigenvalue weighted by Crippen LogP contribution is 2.46. The molecule has 0 saturated carbocycles. The first kappa shape index (κ1) is 23.4. The largest absolute Gasteiger partial charge is 0.433 e. The first-order chi connectivity index (χ1) is 17.2. The molecule has 0 aromatic heterocycles. The lowest BCUT2D eigenvalue weighted by atomic mass is 10.2. The fraction of sp³-hybridized carbons (Fsp3) is 0.103. The van der Waals surface area contributed by atoms with Crippen LogP contribution in [-0.4, -0.2) is 22.6 Å². The Bertz CT molecular complexity index is 1190. The van der Waals surface area contributed by atoms with Crippen LogP contribution in [0.4, 0.5) is 0 Å². The van der Waals surface area contributed by atoms with Crippen LogP contribution < -0.4 is 21.2 Å². The van der Waals surface area contributed by atoms with Crippen molar-refractivity contribution in [2.45, 2.75) is 18.9 Å². The van der Waals surface area contributed by atoms with Gasteiger partial charge in [0.25, 0.3) is 0 Å². The van der Waals surface area contributed by atoms with Crippen molar-refractivity contribution in [3.05, 3.63) is 121 Å². The maximum absolute atomic E-state index is 13.7. The van der Waals surface area contributed by atoms with Gasteiger partial charge in [0, 0.05) is 27.6 Å². The molecule has 0 bridgehead atoms. The molecule has 0 radical (unpaired) electrons. The predicted octanol–water partition coefficient (Wildman–Crippen LogP) is 4.62. The van der Waals surface area contributed by atoms with Gasteiger partial charge in [0.1, 0.15) is 6.04 Å². The number of rotatable bonds is 7. The number of nitrogens with zero attached hydrogens (tertiary/aromatic N) is 1. The van der Waals surface area contributed by atoms with Gasteiger partial charge >= 0.3 is 5.97 Å². The standard InChI is InChI=1S/C29H25NO3P2/c31-28-22-21-27(30(28)34(23-13-5-1-6-14-23)24-15-7-2-8-16-24)29(32)33-35(25-17-9-3-10-18-25)26-19-11-4-12-20-26/h1-20,27H,21-22H2/t27-/m0/s1. The van der Waals surface area contributed by atoms with Crippen LogP contribution in [0.25, 0.3) is 0 Å². The molecular weight excluding hydrogens is 472 g/mol. The van der Waals surface area contributed by atoms with E-state index in [0.717, 1.165) is 21.2 Å². The van der Waals surface area contributed by atoms with Crippen molar-refractivity contribution in [3.8, 4) is 0 Å². The molecular formula is C29H25NO3P2. The van der Waals surface area contributed by atoms with Gasteiger partial charge in [-0.1, -0.05) is 121 Å². The fourth-order valence-corrected chi connectivity index (χ4v) is 8.42. The Morgan fingerprint density at radius 2 is 1.06 bits per heavy atom. The van der Waals surface area contributed by atoms with Crippen molar-refractivity contribution < 1.29 is 14.1 Å². The highest BCUT2D eigenvalue weighted by molar-refractivity contribution is 7.71. The molecule has 4 aromatic rings. The third-order valence-electron chi connectivity index (χ3n) is 5.83. The van der Waals surface area contributed by atoms with Gasteiger partial charge in [-0.25, -0.2) is 4.79 Å². The minimum atomic E-state index is -1.35. The summed E-state index contributed by atoms with van der Waals surface area (Å²) < 4.78 is 8.05. The number of carbonyl (C=O) groups excluding carboxylic acids is 2. The van der Waals surface area contributed by atoms with Crippen LogP contribution in [0.5, 0.6) is 0 Å². The predicted molar refractivity (Wildman–Crippen MR) is 144 cm³/mol. The van der Waals surface area contributed by atoms with Gasteiger partial charge in [0.05, 0.1) is 8.07 Å². The third kappa shape index (κ3) is 5.20. The molecule has 1 saturated heterocycles. The lowest BCUT2D eigenvalue weighted by Gasteiger charge is -2.33. The zero-order valence-corrected chi connectivity index (χ0v) is 20.9. The Morgan fingerprint density at radius 1 is 0.657 bits per heavy atom. The summed E-state index contributed by atoms with van der Waals surface area (Å²) in [5, 5.41) is 4.00. The SMILES string of the molecule is O=C(OP(c1ccccc1)c1ccccc1)[C@@H]1CCC(=O)N1P(c1ccccc1)c1ccccc1. The molecule has 5 rings (SSSR count). The quantitative estimate of drug-likeness (QED) is 0.350. The van der Waals surface area contributed by atoms with Crippen LogP contribution in [0, 0.1) is 0 Å². The fourth-order valence-electron chi connectivity index (χ4n) is 4.21. The highest BCUT2D eigenvalue weighted by Gasteiger charge is 2.43. The van der Waals surface area contributed by atoms with Crippen molar-refractivity contribution >= 4 is 49.3 Å². The molecule has 6 heteroatoms. The van der Waals surface area contributed by atoms with Crippen molar-refractivity contribution in [1.29, 1.82) is 0 Å². The van der Waals surface area contributed by atoms with E-state index >= 15 is 0 Å². The molecule has 1 aliphatic rings. The molecule has 1 fully saturated rings. The summed E-state index contributed by atoms with van der Waals surface area (Å²) in [6.07, 6.45) is 0.801. The van der Waals surface area contributed by atoms with E-state index in [1.165, 1.54) is 0 Å². The minimum Gasteiger partial charge on any atom is -0.433 e. The molecule has 4 aromatic carbocycles.